The number of sulfone groups is 1. The Kier molecular flexibility index (Phi) is 9.08. The van der Waals surface area contributed by atoms with E-state index in [4.69, 9.17) is 21.1 Å². The van der Waals surface area contributed by atoms with Gasteiger partial charge in [-0.15, -0.1) is 0 Å². The molecule has 17 heteroatoms. The third-order valence-corrected chi connectivity index (χ3v) is 7.42. The summed E-state index contributed by atoms with van der Waals surface area (Å²) in [4.78, 5) is 35.1. The van der Waals surface area contributed by atoms with Gasteiger partial charge in [-0.1, -0.05) is 18.5 Å². The molecule has 0 N–H and O–H groups in total. The normalized spacial score (nSPS) is 12.3. The molecule has 0 aliphatic carbocycles. The average molecular weight is 621 g/mol. The number of esters is 1. The van der Waals surface area contributed by atoms with E-state index >= 15 is 0 Å². The number of pyridine rings is 1. The third kappa shape index (κ3) is 7.16. The topological polar surface area (TPSA) is 139 Å². The van der Waals surface area contributed by atoms with Crippen LogP contribution in [0.15, 0.2) is 29.6 Å². The number of hydrogen-bond donors (Lipinski definition) is 0. The molecule has 12 nitrogen and oxygen atoms in total. The summed E-state index contributed by atoms with van der Waals surface area (Å²) < 4.78 is 79.6. The van der Waals surface area contributed by atoms with Crippen LogP contribution < -0.4 is 4.90 Å². The van der Waals surface area contributed by atoms with E-state index in [0.717, 1.165) is 4.90 Å². The molecule has 0 aromatic carbocycles. The second kappa shape index (κ2) is 11.7. The van der Waals surface area contributed by atoms with Gasteiger partial charge in [0.1, 0.15) is 5.60 Å². The first-order valence-electron chi connectivity index (χ1n) is 12.1. The zero-order chi connectivity index (χ0) is 30.9. The highest BCUT2D eigenvalue weighted by molar-refractivity contribution is 7.91. The Balaban J connectivity index is 2.31. The minimum absolute atomic E-state index is 0.0570. The average Bonchev–Trinajstić information content (AvgIpc) is 3.43. The van der Waals surface area contributed by atoms with Gasteiger partial charge in [0.25, 0.3) is 0 Å². The second-order valence-corrected chi connectivity index (χ2v) is 12.2. The molecular formula is C24H28ClF3N6O6S. The van der Waals surface area contributed by atoms with E-state index in [9.17, 15) is 31.2 Å². The van der Waals surface area contributed by atoms with Crippen molar-refractivity contribution >= 4 is 39.3 Å². The van der Waals surface area contributed by atoms with Gasteiger partial charge in [-0.25, -0.2) is 22.7 Å². The number of alkyl halides is 3. The van der Waals surface area contributed by atoms with Gasteiger partial charge in [-0.2, -0.15) is 23.3 Å². The molecule has 3 aromatic heterocycles. The Morgan fingerprint density at radius 2 is 1.83 bits per heavy atom. The predicted octanol–water partition coefficient (Wildman–Crippen LogP) is 4.59. The van der Waals surface area contributed by atoms with Crippen molar-refractivity contribution in [3.05, 3.63) is 46.5 Å². The third-order valence-electron chi connectivity index (χ3n) is 5.41. The first kappa shape index (κ1) is 31.9. The number of nitrogens with zero attached hydrogens (tertiary/aromatic N) is 6. The monoisotopic (exact) mass is 620 g/mol. The molecule has 0 bridgehead atoms. The lowest BCUT2D eigenvalue weighted by Gasteiger charge is -2.27. The number of carbonyl (C=O) groups excluding carboxylic acids is 2. The Hall–Kier alpha value is -3.66. The summed E-state index contributed by atoms with van der Waals surface area (Å²) >= 11 is 5.93. The molecule has 0 fully saturated rings. The highest BCUT2D eigenvalue weighted by Gasteiger charge is 2.37. The molecule has 3 rings (SSSR count). The lowest BCUT2D eigenvalue weighted by molar-refractivity contribution is -0.137. The van der Waals surface area contributed by atoms with Crippen molar-refractivity contribution < 1.29 is 40.7 Å². The zero-order valence-corrected chi connectivity index (χ0v) is 24.6. The van der Waals surface area contributed by atoms with Gasteiger partial charge in [-0.05, 0) is 39.8 Å². The highest BCUT2D eigenvalue weighted by atomic mass is 35.5. The molecule has 0 unspecified atom stereocenters. The summed E-state index contributed by atoms with van der Waals surface area (Å²) in [5.41, 5.74) is -3.20. The fourth-order valence-corrected chi connectivity index (χ4v) is 4.93. The molecule has 0 spiro atoms. The molecule has 224 valence electrons. The van der Waals surface area contributed by atoms with Crippen LogP contribution in [-0.2, 0) is 39.1 Å². The first-order chi connectivity index (χ1) is 18.9. The van der Waals surface area contributed by atoms with Gasteiger partial charge >= 0.3 is 18.2 Å². The van der Waals surface area contributed by atoms with Crippen molar-refractivity contribution in [2.45, 2.75) is 58.0 Å². The SMILES string of the molecule is CCOC(=O)c1cc(C(F)(F)F)cnc1CN(C(=O)OC(C)(C)C)c1nc(-n2ccc(Cl)n2)n(C)c1S(=O)(=O)CC. The van der Waals surface area contributed by atoms with Crippen LogP contribution in [0, 0.1) is 0 Å². The van der Waals surface area contributed by atoms with Crippen molar-refractivity contribution in [1.82, 2.24) is 24.3 Å². The number of rotatable bonds is 8. The molecule has 0 saturated heterocycles. The van der Waals surface area contributed by atoms with E-state index in [1.54, 1.807) is 20.8 Å². The molecule has 0 atom stereocenters. The van der Waals surface area contributed by atoms with E-state index < -0.39 is 67.9 Å². The summed E-state index contributed by atoms with van der Waals surface area (Å²) in [5, 5.41) is 3.69. The molecular weight excluding hydrogens is 593 g/mol. The molecule has 0 aliphatic rings. The Morgan fingerprint density at radius 1 is 1.17 bits per heavy atom. The number of halogens is 4. The fraction of sp³-hybridized carbons (Fsp3) is 0.458. The Labute approximate surface area is 238 Å². The minimum atomic E-state index is -4.83. The first-order valence-corrected chi connectivity index (χ1v) is 14.2. The molecule has 3 heterocycles. The van der Waals surface area contributed by atoms with Crippen LogP contribution in [0.2, 0.25) is 5.15 Å². The van der Waals surface area contributed by atoms with Crippen LogP contribution in [0.4, 0.5) is 23.8 Å². The number of carbonyl (C=O) groups is 2. The highest BCUT2D eigenvalue weighted by Crippen LogP contribution is 2.33. The summed E-state index contributed by atoms with van der Waals surface area (Å²) in [5.74, 6) is -2.01. The lowest BCUT2D eigenvalue weighted by atomic mass is 10.1. The van der Waals surface area contributed by atoms with E-state index in [1.807, 2.05) is 0 Å². The molecule has 41 heavy (non-hydrogen) atoms. The maximum absolute atomic E-state index is 13.5. The van der Waals surface area contributed by atoms with Crippen molar-refractivity contribution in [1.29, 1.82) is 0 Å². The maximum atomic E-state index is 13.5. The van der Waals surface area contributed by atoms with Crippen molar-refractivity contribution in [2.75, 3.05) is 17.3 Å². The van der Waals surface area contributed by atoms with Gasteiger partial charge in [0.15, 0.2) is 25.8 Å². The molecule has 3 aromatic rings. The zero-order valence-electron chi connectivity index (χ0n) is 23.0. The van der Waals surface area contributed by atoms with E-state index in [2.05, 4.69) is 15.1 Å². The predicted molar refractivity (Wildman–Crippen MR) is 141 cm³/mol. The van der Waals surface area contributed by atoms with Gasteiger partial charge in [0.2, 0.25) is 5.95 Å². The fourth-order valence-electron chi connectivity index (χ4n) is 3.59. The largest absolute Gasteiger partial charge is 0.462 e. The lowest BCUT2D eigenvalue weighted by Crippen LogP contribution is -2.38. The van der Waals surface area contributed by atoms with E-state index in [0.29, 0.717) is 12.3 Å². The molecule has 1 amide bonds. The van der Waals surface area contributed by atoms with Crippen LogP contribution in [0.25, 0.3) is 5.95 Å². The van der Waals surface area contributed by atoms with Crippen LogP contribution in [0.5, 0.6) is 0 Å². The van der Waals surface area contributed by atoms with Crippen LogP contribution in [-0.4, -0.2) is 62.8 Å². The number of imidazole rings is 1. The number of amides is 1. The smallest absolute Gasteiger partial charge is 0.417 e. The van der Waals surface area contributed by atoms with Gasteiger partial charge in [-0.3, -0.25) is 9.88 Å². The summed E-state index contributed by atoms with van der Waals surface area (Å²) in [7, 11) is -2.73. The Bertz CT molecular complexity index is 1560. The molecule has 0 aliphatic heterocycles. The minimum Gasteiger partial charge on any atom is -0.462 e. The molecule has 0 radical (unpaired) electrons. The maximum Gasteiger partial charge on any atom is 0.417 e. The van der Waals surface area contributed by atoms with Gasteiger partial charge in [0, 0.05) is 19.4 Å². The van der Waals surface area contributed by atoms with Crippen LogP contribution in [0.3, 0.4) is 0 Å². The standard InChI is InChI=1S/C24H28ClF3N6O6S/c1-7-39-20(35)15-11-14(24(26,27)28)12-29-16(15)13-33(22(36)40-23(3,4)5)18-19(41(37,38)8-2)32(6)21(30-18)34-10-9-17(25)31-34/h9-12H,7-8,13H2,1-6H3. The van der Waals surface area contributed by atoms with E-state index in [1.165, 1.54) is 42.4 Å². The van der Waals surface area contributed by atoms with Crippen LogP contribution in [0.1, 0.15) is 56.2 Å². The van der Waals surface area contributed by atoms with Crippen molar-refractivity contribution in [3.63, 3.8) is 0 Å². The number of ether oxygens (including phenoxy) is 2. The van der Waals surface area contributed by atoms with Crippen molar-refractivity contribution in [3.8, 4) is 5.95 Å². The Morgan fingerprint density at radius 3 is 2.34 bits per heavy atom. The summed E-state index contributed by atoms with van der Waals surface area (Å²) in [6, 6.07) is 1.97. The summed E-state index contributed by atoms with van der Waals surface area (Å²) in [6.07, 6.45) is -4.04. The number of anilines is 1. The van der Waals surface area contributed by atoms with Gasteiger partial charge < -0.3 is 14.0 Å². The van der Waals surface area contributed by atoms with Crippen molar-refractivity contribution in [2.24, 2.45) is 7.05 Å². The number of aromatic nitrogens is 5. The van der Waals surface area contributed by atoms with Crippen LogP contribution >= 0.6 is 11.6 Å². The summed E-state index contributed by atoms with van der Waals surface area (Å²) in [6.45, 7) is 6.66. The van der Waals surface area contributed by atoms with E-state index in [-0.39, 0.29) is 23.4 Å². The molecule has 0 saturated carbocycles. The second-order valence-electron chi connectivity index (χ2n) is 9.59. The number of hydrogen-bond acceptors (Lipinski definition) is 9. The quantitative estimate of drug-likeness (QED) is 0.331. The van der Waals surface area contributed by atoms with Gasteiger partial charge in [0.05, 0.1) is 35.7 Å².